The molecule has 0 aliphatic carbocycles. The van der Waals surface area contributed by atoms with Crippen molar-refractivity contribution >= 4 is 10.8 Å². The van der Waals surface area contributed by atoms with Crippen molar-refractivity contribution in [2.75, 3.05) is 26.2 Å². The van der Waals surface area contributed by atoms with Crippen molar-refractivity contribution in [3.63, 3.8) is 0 Å². The Bertz CT molecular complexity index is 787. The van der Waals surface area contributed by atoms with Gasteiger partial charge in [-0.25, -0.2) is 0 Å². The summed E-state index contributed by atoms with van der Waals surface area (Å²) in [6.45, 7) is 7.14. The highest BCUT2D eigenvalue weighted by Gasteiger charge is 2.23. The van der Waals surface area contributed by atoms with Crippen LogP contribution in [0.25, 0.3) is 10.8 Å². The average Bonchev–Trinajstić information content (AvgIpc) is 2.65. The first-order valence-corrected chi connectivity index (χ1v) is 8.92. The van der Waals surface area contributed by atoms with Gasteiger partial charge in [-0.15, -0.1) is 0 Å². The molecule has 1 aliphatic heterocycles. The predicted octanol–water partition coefficient (Wildman–Crippen LogP) is 0.718. The molecular formula is C21H25N3+2. The number of nitrogens with zero attached hydrogens (tertiary/aromatic N) is 1. The summed E-state index contributed by atoms with van der Waals surface area (Å²) in [5.41, 5.74) is 2.70. The summed E-state index contributed by atoms with van der Waals surface area (Å²) in [5.74, 6) is 0. The van der Waals surface area contributed by atoms with Crippen molar-refractivity contribution in [2.45, 2.75) is 13.1 Å². The Morgan fingerprint density at radius 2 is 1.42 bits per heavy atom. The highest BCUT2D eigenvalue weighted by Crippen LogP contribution is 2.17. The van der Waals surface area contributed by atoms with E-state index in [1.54, 1.807) is 9.80 Å². The van der Waals surface area contributed by atoms with Gasteiger partial charge in [-0.05, 0) is 22.9 Å². The molecule has 0 amide bonds. The molecule has 2 N–H and O–H groups in total. The van der Waals surface area contributed by atoms with Crippen LogP contribution in [0.3, 0.4) is 0 Å². The lowest BCUT2D eigenvalue weighted by atomic mass is 10.0. The van der Waals surface area contributed by atoms with Gasteiger partial charge in [0.05, 0.1) is 5.69 Å². The summed E-state index contributed by atoms with van der Waals surface area (Å²) in [4.78, 5) is 7.83. The molecular weight excluding hydrogens is 294 g/mol. The number of pyridine rings is 1. The van der Waals surface area contributed by atoms with E-state index in [2.05, 4.69) is 59.6 Å². The minimum atomic E-state index is 1.06. The van der Waals surface area contributed by atoms with Gasteiger partial charge in [-0.2, -0.15) is 0 Å². The van der Waals surface area contributed by atoms with E-state index in [9.17, 15) is 0 Å². The van der Waals surface area contributed by atoms with Crippen molar-refractivity contribution < 1.29 is 9.80 Å². The number of fused-ring (bicyclic) bond motifs is 1. The topological polar surface area (TPSA) is 21.8 Å². The molecule has 0 bridgehead atoms. The molecule has 24 heavy (non-hydrogen) atoms. The molecule has 0 saturated carbocycles. The molecule has 1 aliphatic rings. The molecule has 2 heterocycles. The number of hydrogen-bond acceptors (Lipinski definition) is 1. The molecule has 4 rings (SSSR count). The van der Waals surface area contributed by atoms with Crippen molar-refractivity contribution in [3.8, 4) is 0 Å². The summed E-state index contributed by atoms with van der Waals surface area (Å²) >= 11 is 0. The quantitative estimate of drug-likeness (QED) is 0.727. The van der Waals surface area contributed by atoms with Gasteiger partial charge in [0.15, 0.2) is 0 Å². The van der Waals surface area contributed by atoms with Crippen LogP contribution < -0.4 is 9.80 Å². The molecule has 122 valence electrons. The zero-order valence-electron chi connectivity index (χ0n) is 14.0. The number of rotatable bonds is 4. The summed E-state index contributed by atoms with van der Waals surface area (Å²) in [6.07, 6.45) is 1.90. The highest BCUT2D eigenvalue weighted by atomic mass is 15.3. The zero-order chi connectivity index (χ0) is 16.2. The Labute approximate surface area is 143 Å². The highest BCUT2D eigenvalue weighted by molar-refractivity contribution is 5.85. The third-order valence-corrected chi connectivity index (χ3v) is 5.14. The molecule has 0 spiro atoms. The van der Waals surface area contributed by atoms with E-state index in [4.69, 9.17) is 0 Å². The first kappa shape index (κ1) is 15.3. The molecule has 0 radical (unpaired) electrons. The Balaban J connectivity index is 1.38. The molecule has 0 atom stereocenters. The number of benzene rings is 2. The summed E-state index contributed by atoms with van der Waals surface area (Å²) in [5, 5.41) is 2.77. The maximum atomic E-state index is 4.47. The molecule has 0 unspecified atom stereocenters. The van der Waals surface area contributed by atoms with Crippen LogP contribution in [0.4, 0.5) is 0 Å². The van der Waals surface area contributed by atoms with Crippen molar-refractivity contribution in [1.82, 2.24) is 4.98 Å². The van der Waals surface area contributed by atoms with Crippen molar-refractivity contribution in [1.29, 1.82) is 0 Å². The fraction of sp³-hybridized carbons (Fsp3) is 0.286. The van der Waals surface area contributed by atoms with Crippen LogP contribution in [0.1, 0.15) is 11.3 Å². The second-order valence-electron chi connectivity index (χ2n) is 6.81. The smallest absolute Gasteiger partial charge is 0.127 e. The van der Waals surface area contributed by atoms with Crippen LogP contribution in [0, 0.1) is 0 Å². The number of piperazine rings is 1. The van der Waals surface area contributed by atoms with Gasteiger partial charge in [-0.1, -0.05) is 48.5 Å². The second-order valence-corrected chi connectivity index (χ2v) is 6.81. The fourth-order valence-corrected chi connectivity index (χ4v) is 3.79. The van der Waals surface area contributed by atoms with Crippen LogP contribution >= 0.6 is 0 Å². The standard InChI is InChI=1S/C21H23N3/c1-2-10-21-18(6-1)7-5-8-19(21)16-23-12-14-24(15-13-23)17-20-9-3-4-11-22-20/h1-11H,12-17H2/p+2. The van der Waals surface area contributed by atoms with E-state index in [0.29, 0.717) is 0 Å². The number of nitrogens with one attached hydrogen (secondary N) is 2. The van der Waals surface area contributed by atoms with Crippen LogP contribution in [-0.2, 0) is 13.1 Å². The Morgan fingerprint density at radius 1 is 0.708 bits per heavy atom. The zero-order valence-corrected chi connectivity index (χ0v) is 14.0. The van der Waals surface area contributed by atoms with Gasteiger partial charge in [0.2, 0.25) is 0 Å². The summed E-state index contributed by atoms with van der Waals surface area (Å²) < 4.78 is 0. The molecule has 1 fully saturated rings. The Kier molecular flexibility index (Phi) is 4.54. The largest absolute Gasteiger partial charge is 0.322 e. The maximum Gasteiger partial charge on any atom is 0.127 e. The van der Waals surface area contributed by atoms with Crippen LogP contribution in [0.15, 0.2) is 66.9 Å². The van der Waals surface area contributed by atoms with E-state index in [1.807, 2.05) is 12.3 Å². The predicted molar refractivity (Wildman–Crippen MR) is 97.0 cm³/mol. The van der Waals surface area contributed by atoms with Crippen molar-refractivity contribution in [3.05, 3.63) is 78.1 Å². The minimum absolute atomic E-state index is 1.06. The molecule has 1 saturated heterocycles. The summed E-state index contributed by atoms with van der Waals surface area (Å²) in [7, 11) is 0. The van der Waals surface area contributed by atoms with E-state index >= 15 is 0 Å². The number of hydrogen-bond donors (Lipinski definition) is 2. The molecule has 3 aromatic rings. The lowest BCUT2D eigenvalue weighted by Crippen LogP contribution is -3.27. The lowest BCUT2D eigenvalue weighted by molar-refractivity contribution is -1.02. The second kappa shape index (κ2) is 7.12. The third kappa shape index (κ3) is 3.48. The SMILES string of the molecule is c1ccc(C[NH+]2CC[NH+](Cc3cccc4ccccc34)CC2)nc1. The van der Waals surface area contributed by atoms with E-state index in [0.717, 1.165) is 13.1 Å². The lowest BCUT2D eigenvalue weighted by Gasteiger charge is -2.29. The van der Waals surface area contributed by atoms with Gasteiger partial charge in [0.1, 0.15) is 39.3 Å². The van der Waals surface area contributed by atoms with Gasteiger partial charge in [0.25, 0.3) is 0 Å². The van der Waals surface area contributed by atoms with Crippen LogP contribution in [0.5, 0.6) is 0 Å². The van der Waals surface area contributed by atoms with Gasteiger partial charge >= 0.3 is 0 Å². The van der Waals surface area contributed by atoms with Gasteiger partial charge in [0, 0.05) is 11.8 Å². The maximum absolute atomic E-state index is 4.47. The van der Waals surface area contributed by atoms with Gasteiger partial charge < -0.3 is 9.80 Å². The van der Waals surface area contributed by atoms with E-state index in [1.165, 1.54) is 48.2 Å². The van der Waals surface area contributed by atoms with Crippen LogP contribution in [-0.4, -0.2) is 31.2 Å². The van der Waals surface area contributed by atoms with Gasteiger partial charge in [-0.3, -0.25) is 4.98 Å². The summed E-state index contributed by atoms with van der Waals surface area (Å²) in [6, 6.07) is 21.7. The minimum Gasteiger partial charge on any atom is -0.322 e. The molecule has 3 nitrogen and oxygen atoms in total. The van der Waals surface area contributed by atoms with Crippen LogP contribution in [0.2, 0.25) is 0 Å². The monoisotopic (exact) mass is 319 g/mol. The first-order chi connectivity index (χ1) is 11.9. The number of quaternary nitrogens is 2. The fourth-order valence-electron chi connectivity index (χ4n) is 3.79. The number of aromatic nitrogens is 1. The van der Waals surface area contributed by atoms with Crippen molar-refractivity contribution in [2.24, 2.45) is 0 Å². The Hall–Kier alpha value is -2.23. The van der Waals surface area contributed by atoms with E-state index in [-0.39, 0.29) is 0 Å². The molecule has 1 aromatic heterocycles. The first-order valence-electron chi connectivity index (χ1n) is 8.92. The molecule has 3 heteroatoms. The normalized spacial score (nSPS) is 21.0. The average molecular weight is 319 g/mol. The third-order valence-electron chi connectivity index (χ3n) is 5.14. The molecule has 2 aromatic carbocycles. The Morgan fingerprint density at radius 3 is 2.21 bits per heavy atom. The van der Waals surface area contributed by atoms with E-state index < -0.39 is 0 Å².